The third-order valence-electron chi connectivity index (χ3n) is 2.65. The second-order valence-electron chi connectivity index (χ2n) is 4.36. The van der Waals surface area contributed by atoms with Crippen LogP contribution < -0.4 is 11.1 Å². The second-order valence-corrected chi connectivity index (χ2v) is 4.36. The Morgan fingerprint density at radius 2 is 1.84 bits per heavy atom. The summed E-state index contributed by atoms with van der Waals surface area (Å²) in [6.45, 7) is 5.56. The molecule has 19 heavy (non-hydrogen) atoms. The highest BCUT2D eigenvalue weighted by molar-refractivity contribution is 5.96. The lowest BCUT2D eigenvalue weighted by molar-refractivity contribution is 0.0755. The molecule has 0 radical (unpaired) electrons. The van der Waals surface area contributed by atoms with Crippen molar-refractivity contribution in [3.63, 3.8) is 0 Å². The number of urea groups is 1. The van der Waals surface area contributed by atoms with Crippen LogP contribution in [0.5, 0.6) is 0 Å². The molecule has 0 saturated carbocycles. The van der Waals surface area contributed by atoms with Gasteiger partial charge in [0.25, 0.3) is 5.91 Å². The third kappa shape index (κ3) is 4.62. The van der Waals surface area contributed by atoms with E-state index in [1.165, 1.54) is 0 Å². The predicted octanol–water partition coefficient (Wildman–Crippen LogP) is 2.44. The first-order valence-corrected chi connectivity index (χ1v) is 6.54. The number of nitrogens with zero attached hydrogens (tertiary/aromatic N) is 1. The van der Waals surface area contributed by atoms with Crippen LogP contribution >= 0.6 is 0 Å². The van der Waals surface area contributed by atoms with Gasteiger partial charge < -0.3 is 16.0 Å². The molecule has 0 aromatic heterocycles. The molecular formula is C14H21N3O2. The SMILES string of the molecule is CCCN(CCC)C(=O)c1cccc(NC(N)=O)c1. The van der Waals surface area contributed by atoms with Crippen LogP contribution in [0.15, 0.2) is 24.3 Å². The van der Waals surface area contributed by atoms with Crippen molar-refractivity contribution in [3.05, 3.63) is 29.8 Å². The van der Waals surface area contributed by atoms with E-state index in [-0.39, 0.29) is 5.91 Å². The number of carbonyl (C=O) groups excluding carboxylic acids is 2. The van der Waals surface area contributed by atoms with E-state index in [4.69, 9.17) is 5.73 Å². The standard InChI is InChI=1S/C14H21N3O2/c1-3-8-17(9-4-2)13(18)11-6-5-7-12(10-11)16-14(15)19/h5-7,10H,3-4,8-9H2,1-2H3,(H3,15,16,19). The van der Waals surface area contributed by atoms with Crippen molar-refractivity contribution in [2.24, 2.45) is 5.73 Å². The quantitative estimate of drug-likeness (QED) is 0.827. The molecule has 0 unspecified atom stereocenters. The zero-order chi connectivity index (χ0) is 14.3. The molecule has 0 bridgehead atoms. The van der Waals surface area contributed by atoms with Crippen molar-refractivity contribution >= 4 is 17.6 Å². The monoisotopic (exact) mass is 263 g/mol. The average Bonchev–Trinajstić information content (AvgIpc) is 2.37. The van der Waals surface area contributed by atoms with Gasteiger partial charge in [0.05, 0.1) is 0 Å². The summed E-state index contributed by atoms with van der Waals surface area (Å²) in [6, 6.07) is 6.18. The molecule has 1 aromatic rings. The molecule has 0 aliphatic carbocycles. The molecule has 0 atom stereocenters. The summed E-state index contributed by atoms with van der Waals surface area (Å²) in [5.74, 6) is -0.0168. The first kappa shape index (κ1) is 15.0. The predicted molar refractivity (Wildman–Crippen MR) is 76.1 cm³/mol. The van der Waals surface area contributed by atoms with E-state index in [2.05, 4.69) is 5.32 Å². The fraction of sp³-hybridized carbons (Fsp3) is 0.429. The molecule has 3 amide bonds. The van der Waals surface area contributed by atoms with Crippen molar-refractivity contribution in [1.82, 2.24) is 4.90 Å². The van der Waals surface area contributed by atoms with E-state index < -0.39 is 6.03 Å². The molecule has 104 valence electrons. The topological polar surface area (TPSA) is 75.4 Å². The van der Waals surface area contributed by atoms with Gasteiger partial charge in [-0.3, -0.25) is 4.79 Å². The summed E-state index contributed by atoms with van der Waals surface area (Å²) in [6.07, 6.45) is 1.84. The van der Waals surface area contributed by atoms with Gasteiger partial charge in [-0.05, 0) is 31.0 Å². The lowest BCUT2D eigenvalue weighted by atomic mass is 10.1. The highest BCUT2D eigenvalue weighted by atomic mass is 16.2. The van der Waals surface area contributed by atoms with Crippen LogP contribution in [-0.2, 0) is 0 Å². The molecule has 3 N–H and O–H groups in total. The number of benzene rings is 1. The second kappa shape index (κ2) is 7.41. The Morgan fingerprint density at radius 1 is 1.21 bits per heavy atom. The van der Waals surface area contributed by atoms with Crippen LogP contribution in [-0.4, -0.2) is 29.9 Å². The van der Waals surface area contributed by atoms with E-state index in [1.54, 1.807) is 24.3 Å². The van der Waals surface area contributed by atoms with Crippen LogP contribution in [0, 0.1) is 0 Å². The highest BCUT2D eigenvalue weighted by Crippen LogP contribution is 2.13. The molecule has 5 heteroatoms. The van der Waals surface area contributed by atoms with Gasteiger partial charge in [-0.2, -0.15) is 0 Å². The summed E-state index contributed by atoms with van der Waals surface area (Å²) < 4.78 is 0. The summed E-state index contributed by atoms with van der Waals surface area (Å²) in [5, 5.41) is 2.47. The Hall–Kier alpha value is -2.04. The first-order chi connectivity index (χ1) is 9.08. The summed E-state index contributed by atoms with van der Waals surface area (Å²) in [5.41, 5.74) is 6.16. The summed E-state index contributed by atoms with van der Waals surface area (Å²) in [4.78, 5) is 25.0. The number of primary amides is 1. The number of carbonyl (C=O) groups is 2. The van der Waals surface area contributed by atoms with Crippen LogP contribution in [0.2, 0.25) is 0 Å². The maximum atomic E-state index is 12.3. The molecule has 1 aromatic carbocycles. The molecule has 0 spiro atoms. The number of amides is 3. The fourth-order valence-corrected chi connectivity index (χ4v) is 1.91. The molecule has 0 heterocycles. The van der Waals surface area contributed by atoms with Crippen molar-refractivity contribution in [2.75, 3.05) is 18.4 Å². The number of nitrogens with two attached hydrogens (primary N) is 1. The van der Waals surface area contributed by atoms with E-state index in [1.807, 2.05) is 18.7 Å². The number of nitrogens with one attached hydrogen (secondary N) is 1. The van der Waals surface area contributed by atoms with Gasteiger partial charge in [0, 0.05) is 24.3 Å². The molecular weight excluding hydrogens is 242 g/mol. The number of hydrogen-bond donors (Lipinski definition) is 2. The normalized spacial score (nSPS) is 10.0. The van der Waals surface area contributed by atoms with Crippen LogP contribution in [0.3, 0.4) is 0 Å². The lowest BCUT2D eigenvalue weighted by Gasteiger charge is -2.21. The Labute approximate surface area is 113 Å². The number of rotatable bonds is 6. The largest absolute Gasteiger partial charge is 0.351 e. The minimum Gasteiger partial charge on any atom is -0.351 e. The molecule has 0 saturated heterocycles. The maximum absolute atomic E-state index is 12.3. The highest BCUT2D eigenvalue weighted by Gasteiger charge is 2.14. The Morgan fingerprint density at radius 3 is 2.37 bits per heavy atom. The van der Waals surface area contributed by atoms with E-state index in [0.29, 0.717) is 11.3 Å². The first-order valence-electron chi connectivity index (χ1n) is 6.54. The minimum absolute atomic E-state index is 0.0168. The summed E-state index contributed by atoms with van der Waals surface area (Å²) >= 11 is 0. The summed E-state index contributed by atoms with van der Waals surface area (Å²) in [7, 11) is 0. The van der Waals surface area contributed by atoms with Crippen molar-refractivity contribution in [2.45, 2.75) is 26.7 Å². The van der Waals surface area contributed by atoms with Crippen molar-refractivity contribution < 1.29 is 9.59 Å². The molecule has 0 aliphatic heterocycles. The van der Waals surface area contributed by atoms with Crippen LogP contribution in [0.1, 0.15) is 37.0 Å². The molecule has 0 fully saturated rings. The Bertz CT molecular complexity index is 440. The minimum atomic E-state index is -0.636. The third-order valence-corrected chi connectivity index (χ3v) is 2.65. The van der Waals surface area contributed by atoms with Gasteiger partial charge in [-0.15, -0.1) is 0 Å². The molecule has 1 rings (SSSR count). The number of hydrogen-bond acceptors (Lipinski definition) is 2. The Balaban J connectivity index is 2.87. The zero-order valence-corrected chi connectivity index (χ0v) is 11.5. The van der Waals surface area contributed by atoms with E-state index in [0.717, 1.165) is 25.9 Å². The van der Waals surface area contributed by atoms with Crippen LogP contribution in [0.4, 0.5) is 10.5 Å². The van der Waals surface area contributed by atoms with E-state index in [9.17, 15) is 9.59 Å². The fourth-order valence-electron chi connectivity index (χ4n) is 1.91. The van der Waals surface area contributed by atoms with Gasteiger partial charge in [-0.25, -0.2) is 4.79 Å². The van der Waals surface area contributed by atoms with Gasteiger partial charge in [0.15, 0.2) is 0 Å². The van der Waals surface area contributed by atoms with Gasteiger partial charge in [0.1, 0.15) is 0 Å². The van der Waals surface area contributed by atoms with Gasteiger partial charge in [0.2, 0.25) is 0 Å². The van der Waals surface area contributed by atoms with E-state index >= 15 is 0 Å². The van der Waals surface area contributed by atoms with Gasteiger partial charge >= 0.3 is 6.03 Å². The Kier molecular flexibility index (Phi) is 5.85. The maximum Gasteiger partial charge on any atom is 0.316 e. The van der Waals surface area contributed by atoms with Crippen molar-refractivity contribution in [3.8, 4) is 0 Å². The van der Waals surface area contributed by atoms with Crippen molar-refractivity contribution in [1.29, 1.82) is 0 Å². The number of anilines is 1. The average molecular weight is 263 g/mol. The molecule has 5 nitrogen and oxygen atoms in total. The smallest absolute Gasteiger partial charge is 0.316 e. The lowest BCUT2D eigenvalue weighted by Crippen LogP contribution is -2.32. The van der Waals surface area contributed by atoms with Gasteiger partial charge in [-0.1, -0.05) is 19.9 Å². The zero-order valence-electron chi connectivity index (χ0n) is 11.5. The van der Waals surface area contributed by atoms with Crippen LogP contribution in [0.25, 0.3) is 0 Å². The molecule has 0 aliphatic rings.